The maximum absolute atomic E-state index is 13.0. The third-order valence-corrected chi connectivity index (χ3v) is 2.25. The molecule has 0 unspecified atom stereocenters. The third kappa shape index (κ3) is 4.16. The van der Waals surface area contributed by atoms with E-state index in [2.05, 4.69) is 0 Å². The van der Waals surface area contributed by atoms with Gasteiger partial charge in [0, 0.05) is 12.6 Å². The van der Waals surface area contributed by atoms with Crippen LogP contribution in [0, 0.1) is 5.82 Å². The molecule has 0 atom stereocenters. The van der Waals surface area contributed by atoms with Crippen molar-refractivity contribution in [1.29, 1.82) is 0 Å². The molecule has 1 aromatic rings. The maximum atomic E-state index is 13.0. The fraction of sp³-hybridized carbons (Fsp3) is 0.385. The first-order chi connectivity index (χ1) is 8.54. The summed E-state index contributed by atoms with van der Waals surface area (Å²) in [6.07, 6.45) is 0.729. The molecule has 98 valence electrons. The van der Waals surface area contributed by atoms with Gasteiger partial charge in [0.15, 0.2) is 0 Å². The largest absolute Gasteiger partial charge is 0.464 e. The summed E-state index contributed by atoms with van der Waals surface area (Å²) in [7, 11) is 1.47. The number of nitrogens with zero attached hydrogens (tertiary/aromatic N) is 1. The summed E-state index contributed by atoms with van der Waals surface area (Å²) < 4.78 is 17.8. The van der Waals surface area contributed by atoms with Gasteiger partial charge in [-0.05, 0) is 24.6 Å². The number of halogens is 1. The first kappa shape index (κ1) is 14.2. The Bertz CT molecular complexity index is 434. The second-order valence-corrected chi connectivity index (χ2v) is 3.89. The molecular weight excluding hydrogens is 237 g/mol. The molecule has 1 amide bonds. The van der Waals surface area contributed by atoms with E-state index in [0.717, 1.165) is 12.5 Å². The lowest BCUT2D eigenvalue weighted by atomic mass is 10.2. The Hall–Kier alpha value is -1.91. The van der Waals surface area contributed by atoms with Gasteiger partial charge in [-0.1, -0.05) is 13.0 Å². The summed E-state index contributed by atoms with van der Waals surface area (Å²) in [6.45, 7) is 2.07. The van der Waals surface area contributed by atoms with E-state index in [4.69, 9.17) is 4.74 Å². The number of carbonyl (C=O) groups is 2. The quantitative estimate of drug-likeness (QED) is 0.752. The van der Waals surface area contributed by atoms with Gasteiger partial charge in [-0.15, -0.1) is 0 Å². The molecule has 0 saturated heterocycles. The van der Waals surface area contributed by atoms with E-state index in [1.807, 2.05) is 6.92 Å². The van der Waals surface area contributed by atoms with Gasteiger partial charge in [-0.2, -0.15) is 0 Å². The van der Waals surface area contributed by atoms with Crippen molar-refractivity contribution >= 4 is 11.9 Å². The van der Waals surface area contributed by atoms with Crippen LogP contribution in [0.1, 0.15) is 23.7 Å². The Labute approximate surface area is 105 Å². The summed E-state index contributed by atoms with van der Waals surface area (Å²) >= 11 is 0. The monoisotopic (exact) mass is 253 g/mol. The van der Waals surface area contributed by atoms with Gasteiger partial charge < -0.3 is 9.64 Å². The number of ether oxygens (including phenoxy) is 1. The molecule has 5 heteroatoms. The second kappa shape index (κ2) is 6.74. The molecule has 1 rings (SSSR count). The first-order valence-electron chi connectivity index (χ1n) is 5.71. The molecule has 0 heterocycles. The number of hydrogen-bond acceptors (Lipinski definition) is 3. The van der Waals surface area contributed by atoms with Crippen LogP contribution >= 0.6 is 0 Å². The summed E-state index contributed by atoms with van der Waals surface area (Å²) in [4.78, 5) is 24.4. The lowest BCUT2D eigenvalue weighted by molar-refractivity contribution is -0.144. The minimum atomic E-state index is -0.484. The lowest BCUT2D eigenvalue weighted by Crippen LogP contribution is -2.33. The highest BCUT2D eigenvalue weighted by Crippen LogP contribution is 2.06. The van der Waals surface area contributed by atoms with Gasteiger partial charge in [0.2, 0.25) is 0 Å². The van der Waals surface area contributed by atoms with Crippen molar-refractivity contribution in [2.24, 2.45) is 0 Å². The number of rotatable bonds is 5. The van der Waals surface area contributed by atoms with Crippen molar-refractivity contribution < 1.29 is 18.7 Å². The van der Waals surface area contributed by atoms with E-state index in [-0.39, 0.29) is 12.1 Å². The number of likely N-dealkylation sites (N-methyl/N-ethyl adjacent to an activating group) is 1. The Morgan fingerprint density at radius 1 is 1.39 bits per heavy atom. The summed E-state index contributed by atoms with van der Waals surface area (Å²) in [5.74, 6) is -1.37. The summed E-state index contributed by atoms with van der Waals surface area (Å²) in [5.41, 5.74) is 0.209. The minimum Gasteiger partial charge on any atom is -0.464 e. The molecule has 0 aromatic heterocycles. The SMILES string of the molecule is CCCOC(=O)CN(C)C(=O)c1cccc(F)c1. The number of benzene rings is 1. The molecular formula is C13H16FNO3. The van der Waals surface area contributed by atoms with Gasteiger partial charge in [-0.3, -0.25) is 9.59 Å². The zero-order valence-electron chi connectivity index (χ0n) is 10.5. The summed E-state index contributed by atoms with van der Waals surface area (Å²) in [5, 5.41) is 0. The van der Waals surface area contributed by atoms with Crippen LogP contribution in [0.2, 0.25) is 0 Å². The van der Waals surface area contributed by atoms with E-state index in [1.165, 1.54) is 30.1 Å². The van der Waals surface area contributed by atoms with Crippen LogP contribution in [-0.4, -0.2) is 37.0 Å². The van der Waals surface area contributed by atoms with Crippen molar-refractivity contribution in [2.75, 3.05) is 20.2 Å². The zero-order chi connectivity index (χ0) is 13.5. The number of amides is 1. The van der Waals surface area contributed by atoms with Gasteiger partial charge in [0.25, 0.3) is 5.91 Å². The van der Waals surface area contributed by atoms with Gasteiger partial charge in [-0.25, -0.2) is 4.39 Å². The standard InChI is InChI=1S/C13H16FNO3/c1-3-7-18-12(16)9-15(2)13(17)10-5-4-6-11(14)8-10/h4-6,8H,3,7,9H2,1-2H3. The molecule has 0 saturated carbocycles. The summed E-state index contributed by atoms with van der Waals surface area (Å²) in [6, 6.07) is 5.34. The van der Waals surface area contributed by atoms with Crippen LogP contribution in [-0.2, 0) is 9.53 Å². The number of esters is 1. The zero-order valence-corrected chi connectivity index (χ0v) is 10.5. The van der Waals surface area contributed by atoms with Gasteiger partial charge in [0.1, 0.15) is 12.4 Å². The van der Waals surface area contributed by atoms with Crippen LogP contribution < -0.4 is 0 Å². The van der Waals surface area contributed by atoms with Crippen molar-refractivity contribution in [2.45, 2.75) is 13.3 Å². The Morgan fingerprint density at radius 3 is 2.72 bits per heavy atom. The Kier molecular flexibility index (Phi) is 5.30. The highest BCUT2D eigenvalue weighted by molar-refractivity contribution is 5.95. The van der Waals surface area contributed by atoms with Crippen LogP contribution in [0.3, 0.4) is 0 Å². The Morgan fingerprint density at radius 2 is 2.11 bits per heavy atom. The van der Waals surface area contributed by atoms with Gasteiger partial charge >= 0.3 is 5.97 Å². The highest BCUT2D eigenvalue weighted by atomic mass is 19.1. The van der Waals surface area contributed by atoms with Crippen LogP contribution in [0.25, 0.3) is 0 Å². The van der Waals surface area contributed by atoms with E-state index in [1.54, 1.807) is 0 Å². The van der Waals surface area contributed by atoms with E-state index in [0.29, 0.717) is 6.61 Å². The highest BCUT2D eigenvalue weighted by Gasteiger charge is 2.15. The molecule has 4 nitrogen and oxygen atoms in total. The van der Waals surface area contributed by atoms with Crippen LogP contribution in [0.15, 0.2) is 24.3 Å². The lowest BCUT2D eigenvalue weighted by Gasteiger charge is -2.16. The van der Waals surface area contributed by atoms with Crippen molar-refractivity contribution in [3.63, 3.8) is 0 Å². The van der Waals surface area contributed by atoms with Crippen molar-refractivity contribution in [3.8, 4) is 0 Å². The van der Waals surface area contributed by atoms with Gasteiger partial charge in [0.05, 0.1) is 6.61 Å². The van der Waals surface area contributed by atoms with Crippen molar-refractivity contribution in [1.82, 2.24) is 4.90 Å². The van der Waals surface area contributed by atoms with Crippen molar-refractivity contribution in [3.05, 3.63) is 35.6 Å². The fourth-order valence-corrected chi connectivity index (χ4v) is 1.37. The molecule has 0 aliphatic carbocycles. The fourth-order valence-electron chi connectivity index (χ4n) is 1.37. The Balaban J connectivity index is 2.59. The molecule has 0 aliphatic rings. The molecule has 1 aromatic carbocycles. The van der Waals surface area contributed by atoms with E-state index in [9.17, 15) is 14.0 Å². The minimum absolute atomic E-state index is 0.144. The number of carbonyl (C=O) groups excluding carboxylic acids is 2. The molecule has 0 radical (unpaired) electrons. The first-order valence-corrected chi connectivity index (χ1v) is 5.71. The smallest absolute Gasteiger partial charge is 0.325 e. The molecule has 0 fully saturated rings. The topological polar surface area (TPSA) is 46.6 Å². The maximum Gasteiger partial charge on any atom is 0.325 e. The molecule has 18 heavy (non-hydrogen) atoms. The van der Waals surface area contributed by atoms with Crippen LogP contribution in [0.5, 0.6) is 0 Å². The predicted octanol–water partition coefficient (Wildman–Crippen LogP) is 1.85. The second-order valence-electron chi connectivity index (χ2n) is 3.89. The third-order valence-electron chi connectivity index (χ3n) is 2.25. The molecule has 0 aliphatic heterocycles. The predicted molar refractivity (Wildman–Crippen MR) is 64.6 cm³/mol. The molecule has 0 N–H and O–H groups in total. The van der Waals surface area contributed by atoms with E-state index < -0.39 is 17.7 Å². The number of hydrogen-bond donors (Lipinski definition) is 0. The van der Waals surface area contributed by atoms with Crippen LogP contribution in [0.4, 0.5) is 4.39 Å². The molecule has 0 bridgehead atoms. The average molecular weight is 253 g/mol. The normalized spacial score (nSPS) is 9.94. The van der Waals surface area contributed by atoms with E-state index >= 15 is 0 Å². The molecule has 0 spiro atoms. The average Bonchev–Trinajstić information content (AvgIpc) is 2.35.